The molecule has 28 heavy (non-hydrogen) atoms. The fraction of sp³-hybridized carbons (Fsp3) is 0.500. The maximum absolute atomic E-state index is 12.8. The first-order valence-electron chi connectivity index (χ1n) is 8.88. The number of anilines is 1. The quantitative estimate of drug-likeness (QED) is 0.570. The molecule has 1 saturated heterocycles. The minimum atomic E-state index is -4.34. The average Bonchev–Trinajstić information content (AvgIpc) is 3.18. The van der Waals surface area contributed by atoms with E-state index < -0.39 is 41.4 Å². The van der Waals surface area contributed by atoms with Crippen LogP contribution < -0.4 is 10.6 Å². The molecule has 6 nitrogen and oxygen atoms in total. The third-order valence-corrected chi connectivity index (χ3v) is 6.09. The van der Waals surface area contributed by atoms with E-state index in [4.69, 9.17) is 0 Å². The molecule has 1 aliphatic carbocycles. The van der Waals surface area contributed by atoms with Crippen molar-refractivity contribution in [3.8, 4) is 0 Å². The monoisotopic (exact) mass is 415 g/mol. The lowest BCUT2D eigenvalue weighted by Crippen LogP contribution is -2.48. The molecule has 1 unspecified atom stereocenters. The van der Waals surface area contributed by atoms with Gasteiger partial charge in [-0.1, -0.05) is 25.0 Å². The summed E-state index contributed by atoms with van der Waals surface area (Å²) in [6.07, 6.45) is -1.61. The molecule has 152 valence electrons. The standard InChI is InChI=1S/C18H20F3N3O3S/c1-11(24-15(26)17(23-16(24)27)8-4-5-9-17)14(25)22-12-6-2-3-7-13(12)28-10-18(19,20)21/h2-3,6-7,11H,4-5,8-10H2,1H3,(H,22,25)(H,23,27). The second kappa shape index (κ2) is 7.65. The average molecular weight is 415 g/mol. The maximum atomic E-state index is 12.8. The highest BCUT2D eigenvalue weighted by Gasteiger charge is 2.54. The lowest BCUT2D eigenvalue weighted by Gasteiger charge is -2.24. The lowest BCUT2D eigenvalue weighted by molar-refractivity contribution is -0.136. The van der Waals surface area contributed by atoms with Crippen LogP contribution in [0.3, 0.4) is 0 Å². The number of imide groups is 1. The van der Waals surface area contributed by atoms with Crippen LogP contribution in [-0.4, -0.2) is 46.3 Å². The van der Waals surface area contributed by atoms with Crippen LogP contribution in [0.5, 0.6) is 0 Å². The Morgan fingerprint density at radius 2 is 1.93 bits per heavy atom. The number of hydrogen-bond acceptors (Lipinski definition) is 4. The van der Waals surface area contributed by atoms with Crippen molar-refractivity contribution in [3.05, 3.63) is 24.3 Å². The zero-order chi connectivity index (χ0) is 20.5. The van der Waals surface area contributed by atoms with Crippen molar-refractivity contribution < 1.29 is 27.6 Å². The third kappa shape index (κ3) is 4.11. The van der Waals surface area contributed by atoms with Gasteiger partial charge in [0.15, 0.2) is 0 Å². The fourth-order valence-electron chi connectivity index (χ4n) is 3.52. The molecule has 3 rings (SSSR count). The number of thioether (sulfide) groups is 1. The summed E-state index contributed by atoms with van der Waals surface area (Å²) < 4.78 is 37.5. The van der Waals surface area contributed by atoms with Crippen LogP contribution in [-0.2, 0) is 9.59 Å². The van der Waals surface area contributed by atoms with Gasteiger partial charge in [-0.3, -0.25) is 9.59 Å². The van der Waals surface area contributed by atoms with Crippen LogP contribution in [0, 0.1) is 0 Å². The number of halogens is 3. The van der Waals surface area contributed by atoms with Crippen LogP contribution in [0.4, 0.5) is 23.7 Å². The number of nitrogens with one attached hydrogen (secondary N) is 2. The Morgan fingerprint density at radius 3 is 2.57 bits per heavy atom. The van der Waals surface area contributed by atoms with E-state index in [0.29, 0.717) is 24.6 Å². The first-order chi connectivity index (χ1) is 13.1. The first kappa shape index (κ1) is 20.5. The molecule has 0 bridgehead atoms. The molecule has 10 heteroatoms. The Hall–Kier alpha value is -2.23. The van der Waals surface area contributed by atoms with Crippen LogP contribution in [0.25, 0.3) is 0 Å². The van der Waals surface area contributed by atoms with Crippen molar-refractivity contribution in [1.29, 1.82) is 0 Å². The molecule has 1 spiro atoms. The van der Waals surface area contributed by atoms with Crippen LogP contribution >= 0.6 is 11.8 Å². The molecule has 4 amide bonds. The van der Waals surface area contributed by atoms with Gasteiger partial charge in [0.25, 0.3) is 5.91 Å². The molecule has 0 aromatic heterocycles. The Kier molecular flexibility index (Phi) is 5.60. The van der Waals surface area contributed by atoms with Gasteiger partial charge in [-0.2, -0.15) is 13.2 Å². The topological polar surface area (TPSA) is 78.5 Å². The van der Waals surface area contributed by atoms with E-state index in [0.717, 1.165) is 17.7 Å². The minimum Gasteiger partial charge on any atom is -0.323 e. The van der Waals surface area contributed by atoms with E-state index in [-0.39, 0.29) is 10.6 Å². The van der Waals surface area contributed by atoms with Crippen molar-refractivity contribution in [2.75, 3.05) is 11.1 Å². The number of benzene rings is 1. The van der Waals surface area contributed by atoms with Gasteiger partial charge in [-0.15, -0.1) is 11.8 Å². The summed E-state index contributed by atoms with van der Waals surface area (Å²) in [5.41, 5.74) is -0.720. The van der Waals surface area contributed by atoms with Crippen molar-refractivity contribution in [3.63, 3.8) is 0 Å². The Labute approximate surface area is 164 Å². The van der Waals surface area contributed by atoms with Crippen LogP contribution in [0.1, 0.15) is 32.6 Å². The van der Waals surface area contributed by atoms with Crippen LogP contribution in [0.15, 0.2) is 29.2 Å². The molecular weight excluding hydrogens is 395 g/mol. The fourth-order valence-corrected chi connectivity index (χ4v) is 4.29. The van der Waals surface area contributed by atoms with Gasteiger partial charge in [0.1, 0.15) is 11.6 Å². The van der Waals surface area contributed by atoms with Gasteiger partial charge in [0.2, 0.25) is 5.91 Å². The second-order valence-electron chi connectivity index (χ2n) is 6.96. The predicted molar refractivity (Wildman–Crippen MR) is 97.9 cm³/mol. The lowest BCUT2D eigenvalue weighted by atomic mass is 9.97. The zero-order valence-electron chi connectivity index (χ0n) is 15.1. The van der Waals surface area contributed by atoms with Crippen molar-refractivity contribution in [2.24, 2.45) is 0 Å². The minimum absolute atomic E-state index is 0.205. The number of carbonyl (C=O) groups excluding carboxylic acids is 3. The summed E-state index contributed by atoms with van der Waals surface area (Å²) in [4.78, 5) is 38.9. The molecule has 1 saturated carbocycles. The molecule has 1 aromatic carbocycles. The van der Waals surface area contributed by atoms with Gasteiger partial charge in [-0.05, 0) is 31.9 Å². The summed E-state index contributed by atoms with van der Waals surface area (Å²) in [5, 5.41) is 5.25. The summed E-state index contributed by atoms with van der Waals surface area (Å²) in [5.74, 6) is -2.15. The number of para-hydroxylation sites is 1. The second-order valence-corrected chi connectivity index (χ2v) is 7.98. The van der Waals surface area contributed by atoms with Crippen molar-refractivity contribution in [1.82, 2.24) is 10.2 Å². The molecule has 2 fully saturated rings. The third-order valence-electron chi connectivity index (χ3n) is 4.95. The largest absolute Gasteiger partial charge is 0.398 e. The van der Waals surface area contributed by atoms with Crippen molar-refractivity contribution >= 4 is 35.3 Å². The predicted octanol–water partition coefficient (Wildman–Crippen LogP) is 3.53. The van der Waals surface area contributed by atoms with Gasteiger partial charge < -0.3 is 10.6 Å². The van der Waals surface area contributed by atoms with Gasteiger partial charge in [0.05, 0.1) is 11.4 Å². The highest BCUT2D eigenvalue weighted by atomic mass is 32.2. The number of alkyl halides is 3. The van der Waals surface area contributed by atoms with E-state index in [1.165, 1.54) is 19.1 Å². The molecule has 1 heterocycles. The van der Waals surface area contributed by atoms with E-state index in [1.807, 2.05) is 0 Å². The Balaban J connectivity index is 1.71. The number of nitrogens with zero attached hydrogens (tertiary/aromatic N) is 1. The number of carbonyl (C=O) groups is 3. The molecule has 2 N–H and O–H groups in total. The molecule has 1 atom stereocenters. The Morgan fingerprint density at radius 1 is 1.29 bits per heavy atom. The highest BCUT2D eigenvalue weighted by Crippen LogP contribution is 2.36. The summed E-state index contributed by atoms with van der Waals surface area (Å²) in [6.45, 7) is 1.42. The smallest absolute Gasteiger partial charge is 0.323 e. The van der Waals surface area contributed by atoms with Gasteiger partial charge >= 0.3 is 12.2 Å². The summed E-state index contributed by atoms with van der Waals surface area (Å²) in [6, 6.07) is 4.39. The summed E-state index contributed by atoms with van der Waals surface area (Å²) >= 11 is 0.557. The first-order valence-corrected chi connectivity index (χ1v) is 9.87. The molecule has 2 aliphatic rings. The van der Waals surface area contributed by atoms with Gasteiger partial charge in [-0.25, -0.2) is 9.69 Å². The number of urea groups is 1. The van der Waals surface area contributed by atoms with E-state index >= 15 is 0 Å². The molecule has 1 aliphatic heterocycles. The SMILES string of the molecule is CC(C(=O)Nc1ccccc1SCC(F)(F)F)N1C(=O)NC2(CCCC2)C1=O. The van der Waals surface area contributed by atoms with E-state index in [9.17, 15) is 27.6 Å². The molecule has 1 aromatic rings. The number of hydrogen-bond donors (Lipinski definition) is 2. The Bertz CT molecular complexity index is 794. The highest BCUT2D eigenvalue weighted by molar-refractivity contribution is 7.99. The number of amides is 4. The van der Waals surface area contributed by atoms with Gasteiger partial charge in [0, 0.05) is 4.90 Å². The van der Waals surface area contributed by atoms with E-state index in [2.05, 4.69) is 10.6 Å². The normalized spacial score (nSPS) is 19.8. The molecule has 0 radical (unpaired) electrons. The van der Waals surface area contributed by atoms with Crippen molar-refractivity contribution in [2.45, 2.75) is 55.3 Å². The van der Waals surface area contributed by atoms with E-state index in [1.54, 1.807) is 12.1 Å². The zero-order valence-corrected chi connectivity index (χ0v) is 16.0. The van der Waals surface area contributed by atoms with Crippen LogP contribution in [0.2, 0.25) is 0 Å². The molecular formula is C18H20F3N3O3S. The maximum Gasteiger partial charge on any atom is 0.398 e. The summed E-state index contributed by atoms with van der Waals surface area (Å²) in [7, 11) is 0. The number of rotatable bonds is 5.